The maximum atomic E-state index is 13.3. The molecule has 0 bridgehead atoms. The smallest absolute Gasteiger partial charge is 0.493 e. The standard InChI is InChI=1S/C27H26F3NO7S/c28-27(29,30)38-23-6-4-20(5-7-23)21-3-1-2-19(18-21)12-15-37-22-8-10-24(11-9-22)39(34,35)26(25(32)31-33)13-16-36-17-14-26/h1-11,18,33H,12-17H2,(H,31,32). The second-order valence-electron chi connectivity index (χ2n) is 8.89. The van der Waals surface area contributed by atoms with Crippen molar-refractivity contribution >= 4 is 15.7 Å². The average Bonchev–Trinajstić information content (AvgIpc) is 2.93. The number of carbonyl (C=O) groups excluding carboxylic acids is 1. The molecular weight excluding hydrogens is 539 g/mol. The number of carbonyl (C=O) groups is 1. The Kier molecular flexibility index (Phi) is 8.48. The highest BCUT2D eigenvalue weighted by molar-refractivity contribution is 7.93. The second kappa shape index (κ2) is 11.6. The first-order valence-electron chi connectivity index (χ1n) is 12.0. The third-order valence-corrected chi connectivity index (χ3v) is 8.99. The molecule has 1 saturated heterocycles. The zero-order valence-corrected chi connectivity index (χ0v) is 21.4. The molecular formula is C27H26F3NO7S. The fourth-order valence-electron chi connectivity index (χ4n) is 4.40. The molecule has 8 nitrogen and oxygen atoms in total. The van der Waals surface area contributed by atoms with Crippen molar-refractivity contribution in [2.75, 3.05) is 19.8 Å². The quantitative estimate of drug-likeness (QED) is 0.286. The predicted molar refractivity (Wildman–Crippen MR) is 134 cm³/mol. The largest absolute Gasteiger partial charge is 0.573 e. The van der Waals surface area contributed by atoms with E-state index in [0.717, 1.165) is 16.7 Å². The van der Waals surface area contributed by atoms with E-state index in [1.165, 1.54) is 41.9 Å². The van der Waals surface area contributed by atoms with Crippen LogP contribution in [0.3, 0.4) is 0 Å². The summed E-state index contributed by atoms with van der Waals surface area (Å²) in [5.41, 5.74) is 3.95. The molecule has 0 atom stereocenters. The van der Waals surface area contributed by atoms with E-state index in [-0.39, 0.29) is 43.3 Å². The van der Waals surface area contributed by atoms with Gasteiger partial charge >= 0.3 is 6.36 Å². The Hall–Kier alpha value is -3.61. The third-order valence-electron chi connectivity index (χ3n) is 6.47. The summed E-state index contributed by atoms with van der Waals surface area (Å²) in [5.74, 6) is -0.855. The number of sulfone groups is 1. The average molecular weight is 566 g/mol. The highest BCUT2D eigenvalue weighted by Gasteiger charge is 2.52. The van der Waals surface area contributed by atoms with Gasteiger partial charge in [0.25, 0.3) is 5.91 Å². The van der Waals surface area contributed by atoms with Gasteiger partial charge in [-0.1, -0.05) is 36.4 Å². The molecule has 1 aliphatic heterocycles. The number of rotatable bonds is 9. The zero-order chi connectivity index (χ0) is 28.1. The summed E-state index contributed by atoms with van der Waals surface area (Å²) in [5, 5.41) is 9.16. The number of amides is 1. The number of alkyl halides is 3. The van der Waals surface area contributed by atoms with E-state index in [1.54, 1.807) is 12.1 Å². The van der Waals surface area contributed by atoms with Crippen LogP contribution < -0.4 is 15.0 Å². The van der Waals surface area contributed by atoms with Crippen LogP contribution >= 0.6 is 0 Å². The minimum Gasteiger partial charge on any atom is -0.493 e. The van der Waals surface area contributed by atoms with Gasteiger partial charge in [-0.2, -0.15) is 0 Å². The lowest BCUT2D eigenvalue weighted by Gasteiger charge is -2.34. The van der Waals surface area contributed by atoms with E-state index in [4.69, 9.17) is 14.7 Å². The van der Waals surface area contributed by atoms with Crippen molar-refractivity contribution in [2.24, 2.45) is 0 Å². The molecule has 39 heavy (non-hydrogen) atoms. The minimum atomic E-state index is -4.75. The van der Waals surface area contributed by atoms with Crippen LogP contribution in [-0.4, -0.2) is 50.5 Å². The van der Waals surface area contributed by atoms with Crippen LogP contribution in [0, 0.1) is 0 Å². The van der Waals surface area contributed by atoms with Crippen LogP contribution in [0.2, 0.25) is 0 Å². The number of hydroxylamine groups is 1. The van der Waals surface area contributed by atoms with Crippen molar-refractivity contribution in [3.8, 4) is 22.6 Å². The van der Waals surface area contributed by atoms with E-state index in [2.05, 4.69) is 4.74 Å². The molecule has 3 aromatic rings. The Bertz CT molecular complexity index is 1390. The van der Waals surface area contributed by atoms with Gasteiger partial charge in [0.05, 0.1) is 11.5 Å². The molecule has 4 rings (SSSR count). The Balaban J connectivity index is 1.38. The van der Waals surface area contributed by atoms with Gasteiger partial charge in [0, 0.05) is 19.6 Å². The Morgan fingerprint density at radius 2 is 1.59 bits per heavy atom. The maximum absolute atomic E-state index is 13.3. The summed E-state index contributed by atoms with van der Waals surface area (Å²) in [7, 11) is -4.13. The fourth-order valence-corrected chi connectivity index (χ4v) is 6.34. The molecule has 0 aromatic heterocycles. The molecule has 0 aliphatic carbocycles. The van der Waals surface area contributed by atoms with Gasteiger partial charge in [0.15, 0.2) is 14.6 Å². The lowest BCUT2D eigenvalue weighted by molar-refractivity contribution is -0.274. The molecule has 0 unspecified atom stereocenters. The Morgan fingerprint density at radius 1 is 0.949 bits per heavy atom. The van der Waals surface area contributed by atoms with Gasteiger partial charge < -0.3 is 14.2 Å². The van der Waals surface area contributed by atoms with Gasteiger partial charge in [-0.05, 0) is 65.9 Å². The van der Waals surface area contributed by atoms with Crippen molar-refractivity contribution in [2.45, 2.75) is 35.3 Å². The first-order valence-corrected chi connectivity index (χ1v) is 13.5. The summed E-state index contributed by atoms with van der Waals surface area (Å²) in [4.78, 5) is 12.3. The molecule has 1 amide bonds. The summed E-state index contributed by atoms with van der Waals surface area (Å²) in [6, 6.07) is 18.8. The van der Waals surface area contributed by atoms with Gasteiger partial charge in [-0.3, -0.25) is 10.0 Å². The highest BCUT2D eigenvalue weighted by Crippen LogP contribution is 2.36. The van der Waals surface area contributed by atoms with E-state index < -0.39 is 26.9 Å². The van der Waals surface area contributed by atoms with Gasteiger partial charge in [0.1, 0.15) is 11.5 Å². The van der Waals surface area contributed by atoms with Gasteiger partial charge in [-0.15, -0.1) is 13.2 Å². The number of hydrogen-bond acceptors (Lipinski definition) is 7. The van der Waals surface area contributed by atoms with E-state index >= 15 is 0 Å². The van der Waals surface area contributed by atoms with Crippen molar-refractivity contribution in [1.29, 1.82) is 0 Å². The number of benzene rings is 3. The lowest BCUT2D eigenvalue weighted by atomic mass is 9.98. The normalized spacial score (nSPS) is 15.4. The van der Waals surface area contributed by atoms with E-state index in [1.807, 2.05) is 24.3 Å². The van der Waals surface area contributed by atoms with Gasteiger partial charge in [0.2, 0.25) is 0 Å². The summed E-state index contributed by atoms with van der Waals surface area (Å²) >= 11 is 0. The number of ether oxygens (including phenoxy) is 3. The molecule has 1 aliphatic rings. The van der Waals surface area contributed by atoms with Crippen molar-refractivity contribution in [1.82, 2.24) is 5.48 Å². The molecule has 0 saturated carbocycles. The Morgan fingerprint density at radius 3 is 2.21 bits per heavy atom. The van der Waals surface area contributed by atoms with Crippen LogP contribution in [-0.2, 0) is 25.8 Å². The molecule has 2 N–H and O–H groups in total. The van der Waals surface area contributed by atoms with E-state index in [9.17, 15) is 26.4 Å². The monoisotopic (exact) mass is 565 g/mol. The van der Waals surface area contributed by atoms with E-state index in [0.29, 0.717) is 12.2 Å². The zero-order valence-electron chi connectivity index (χ0n) is 20.6. The topological polar surface area (TPSA) is 111 Å². The molecule has 0 spiro atoms. The number of nitrogens with one attached hydrogen (secondary N) is 1. The molecule has 208 valence electrons. The highest BCUT2D eigenvalue weighted by atomic mass is 32.2. The van der Waals surface area contributed by atoms with Crippen molar-refractivity contribution in [3.63, 3.8) is 0 Å². The third kappa shape index (κ3) is 6.52. The van der Waals surface area contributed by atoms with Crippen molar-refractivity contribution in [3.05, 3.63) is 78.4 Å². The van der Waals surface area contributed by atoms with Crippen LogP contribution in [0.1, 0.15) is 18.4 Å². The summed E-state index contributed by atoms with van der Waals surface area (Å²) in [6.45, 7) is 0.432. The van der Waals surface area contributed by atoms with Crippen molar-refractivity contribution < 1.29 is 45.8 Å². The minimum absolute atomic E-state index is 0.0697. The second-order valence-corrected chi connectivity index (χ2v) is 11.2. The summed E-state index contributed by atoms with van der Waals surface area (Å²) < 4.78 is 76.8. The molecule has 12 heteroatoms. The molecule has 1 heterocycles. The number of hydrogen-bond donors (Lipinski definition) is 2. The Labute approximate surface area is 223 Å². The van der Waals surface area contributed by atoms with Crippen LogP contribution in [0.25, 0.3) is 11.1 Å². The maximum Gasteiger partial charge on any atom is 0.573 e. The molecule has 1 fully saturated rings. The predicted octanol–water partition coefficient (Wildman–Crippen LogP) is 4.70. The first-order chi connectivity index (χ1) is 18.5. The molecule has 0 radical (unpaired) electrons. The summed E-state index contributed by atoms with van der Waals surface area (Å²) in [6.07, 6.45) is -4.39. The first kappa shape index (κ1) is 28.4. The van der Waals surface area contributed by atoms with Crippen LogP contribution in [0.4, 0.5) is 13.2 Å². The molecule has 3 aromatic carbocycles. The number of halogens is 3. The SMILES string of the molecule is O=C(NO)C1(S(=O)(=O)c2ccc(OCCc3cccc(-c4ccc(OC(F)(F)F)cc4)c3)cc2)CCOCC1. The van der Waals surface area contributed by atoms with Crippen LogP contribution in [0.15, 0.2) is 77.7 Å². The van der Waals surface area contributed by atoms with Crippen LogP contribution in [0.5, 0.6) is 11.5 Å². The van der Waals surface area contributed by atoms with Gasteiger partial charge in [-0.25, -0.2) is 13.9 Å². The fraction of sp³-hybridized carbons (Fsp3) is 0.296. The lowest BCUT2D eigenvalue weighted by Crippen LogP contribution is -2.54.